The van der Waals surface area contributed by atoms with Crippen LogP contribution >= 0.6 is 11.3 Å². The van der Waals surface area contributed by atoms with Crippen molar-refractivity contribution in [3.63, 3.8) is 0 Å². The third-order valence-electron chi connectivity index (χ3n) is 4.54. The molecular weight excluding hydrogens is 453 g/mol. The van der Waals surface area contributed by atoms with Gasteiger partial charge in [0.05, 0.1) is 29.4 Å². The van der Waals surface area contributed by atoms with E-state index in [9.17, 15) is 17.6 Å². The second kappa shape index (κ2) is 8.52. The number of hydrogen-bond donors (Lipinski definition) is 2. The summed E-state index contributed by atoms with van der Waals surface area (Å²) in [5.74, 6) is -0.841. The molecular formula is C21H18FN5O3S2. The third kappa shape index (κ3) is 4.68. The van der Waals surface area contributed by atoms with Crippen LogP contribution in [0.1, 0.15) is 16.1 Å². The predicted molar refractivity (Wildman–Crippen MR) is 122 cm³/mol. The summed E-state index contributed by atoms with van der Waals surface area (Å²) in [6.07, 6.45) is 2.47. The molecule has 8 nitrogen and oxygen atoms in total. The van der Waals surface area contributed by atoms with Gasteiger partial charge in [0.2, 0.25) is 10.0 Å². The second-order valence-electron chi connectivity index (χ2n) is 6.95. The average Bonchev–Trinajstić information content (AvgIpc) is 3.34. The van der Waals surface area contributed by atoms with E-state index in [1.807, 2.05) is 0 Å². The van der Waals surface area contributed by atoms with Crippen LogP contribution in [0.2, 0.25) is 0 Å². The van der Waals surface area contributed by atoms with Crippen LogP contribution in [0.3, 0.4) is 0 Å². The first-order valence-electron chi connectivity index (χ1n) is 9.36. The molecule has 0 radical (unpaired) electrons. The highest BCUT2D eigenvalue weighted by Crippen LogP contribution is 2.27. The minimum Gasteiger partial charge on any atom is -0.298 e. The van der Waals surface area contributed by atoms with Crippen LogP contribution < -0.4 is 10.0 Å². The number of aromatic nitrogens is 3. The maximum absolute atomic E-state index is 14.1. The Balaban J connectivity index is 1.50. The van der Waals surface area contributed by atoms with Crippen molar-refractivity contribution in [1.29, 1.82) is 0 Å². The topological polar surface area (TPSA) is 106 Å². The van der Waals surface area contributed by atoms with E-state index in [1.165, 1.54) is 28.3 Å². The Morgan fingerprint density at radius 3 is 2.53 bits per heavy atom. The van der Waals surface area contributed by atoms with Crippen molar-refractivity contribution in [3.8, 4) is 16.9 Å². The average molecular weight is 472 g/mol. The highest BCUT2D eigenvalue weighted by Gasteiger charge is 2.18. The minimum atomic E-state index is -3.35. The maximum Gasteiger partial charge on any atom is 0.260 e. The van der Waals surface area contributed by atoms with Gasteiger partial charge in [0.1, 0.15) is 11.5 Å². The molecule has 11 heteroatoms. The first-order valence-corrected chi connectivity index (χ1v) is 12.1. The van der Waals surface area contributed by atoms with Crippen molar-refractivity contribution in [2.24, 2.45) is 0 Å². The molecule has 2 aromatic heterocycles. The van der Waals surface area contributed by atoms with Crippen molar-refractivity contribution in [2.45, 2.75) is 6.92 Å². The van der Waals surface area contributed by atoms with E-state index in [4.69, 9.17) is 0 Å². The summed E-state index contributed by atoms with van der Waals surface area (Å²) in [6, 6.07) is 12.9. The van der Waals surface area contributed by atoms with Crippen molar-refractivity contribution < 1.29 is 17.6 Å². The molecule has 2 N–H and O–H groups in total. The summed E-state index contributed by atoms with van der Waals surface area (Å²) in [5.41, 5.74) is 2.91. The number of anilines is 2. The zero-order valence-corrected chi connectivity index (χ0v) is 18.7. The van der Waals surface area contributed by atoms with Crippen molar-refractivity contribution in [1.82, 2.24) is 14.8 Å². The van der Waals surface area contributed by atoms with Crippen molar-refractivity contribution in [2.75, 3.05) is 16.3 Å². The minimum absolute atomic E-state index is 0.259. The number of para-hydroxylation sites is 1. The lowest BCUT2D eigenvalue weighted by Crippen LogP contribution is -2.13. The van der Waals surface area contributed by atoms with Gasteiger partial charge in [-0.05, 0) is 31.2 Å². The van der Waals surface area contributed by atoms with E-state index in [0.717, 1.165) is 11.8 Å². The number of carbonyl (C=O) groups is 1. The molecule has 164 valence electrons. The van der Waals surface area contributed by atoms with Crippen LogP contribution in [-0.2, 0) is 10.0 Å². The summed E-state index contributed by atoms with van der Waals surface area (Å²) in [5, 5.41) is 9.06. The van der Waals surface area contributed by atoms with Crippen LogP contribution in [-0.4, -0.2) is 35.3 Å². The zero-order chi connectivity index (χ0) is 22.9. The first-order chi connectivity index (χ1) is 15.2. The van der Waals surface area contributed by atoms with E-state index in [-0.39, 0.29) is 5.69 Å². The van der Waals surface area contributed by atoms with Crippen molar-refractivity contribution in [3.05, 3.63) is 77.2 Å². The number of benzene rings is 2. The van der Waals surface area contributed by atoms with Gasteiger partial charge in [-0.2, -0.15) is 5.10 Å². The van der Waals surface area contributed by atoms with Gasteiger partial charge >= 0.3 is 0 Å². The van der Waals surface area contributed by atoms with Gasteiger partial charge in [0, 0.05) is 16.6 Å². The molecule has 0 bridgehead atoms. The van der Waals surface area contributed by atoms with E-state index >= 15 is 0 Å². The number of nitrogens with zero attached hydrogens (tertiary/aromatic N) is 3. The van der Waals surface area contributed by atoms with Gasteiger partial charge in [-0.3, -0.25) is 14.8 Å². The number of halogens is 1. The maximum atomic E-state index is 14.1. The fourth-order valence-electron chi connectivity index (χ4n) is 3.05. The first kappa shape index (κ1) is 21.7. The third-order valence-corrected chi connectivity index (χ3v) is 5.91. The molecule has 4 aromatic rings. The second-order valence-corrected chi connectivity index (χ2v) is 9.56. The van der Waals surface area contributed by atoms with Crippen LogP contribution in [0, 0.1) is 12.7 Å². The molecule has 0 saturated heterocycles. The monoisotopic (exact) mass is 471 g/mol. The summed E-state index contributed by atoms with van der Waals surface area (Å²) in [7, 11) is -3.35. The molecule has 0 unspecified atom stereocenters. The van der Waals surface area contributed by atoms with Crippen LogP contribution in [0.15, 0.2) is 60.1 Å². The molecule has 0 saturated carbocycles. The highest BCUT2D eigenvalue weighted by molar-refractivity contribution is 7.92. The van der Waals surface area contributed by atoms with E-state index in [0.29, 0.717) is 27.8 Å². The molecule has 0 atom stereocenters. The van der Waals surface area contributed by atoms with Gasteiger partial charge in [-0.1, -0.05) is 24.3 Å². The Labute approximate surface area is 187 Å². The Bertz CT molecular complexity index is 1400. The lowest BCUT2D eigenvalue weighted by atomic mass is 10.1. The molecule has 32 heavy (non-hydrogen) atoms. The summed E-state index contributed by atoms with van der Waals surface area (Å²) in [6.45, 7) is 1.69. The Hall–Kier alpha value is -3.57. The highest BCUT2D eigenvalue weighted by atomic mass is 32.2. The Kier molecular flexibility index (Phi) is 5.76. The largest absolute Gasteiger partial charge is 0.298 e. The lowest BCUT2D eigenvalue weighted by molar-refractivity contribution is 0.102. The molecule has 2 heterocycles. The van der Waals surface area contributed by atoms with E-state index in [1.54, 1.807) is 54.8 Å². The number of rotatable bonds is 6. The molecule has 4 rings (SSSR count). The van der Waals surface area contributed by atoms with Crippen LogP contribution in [0.25, 0.3) is 16.9 Å². The van der Waals surface area contributed by atoms with Crippen LogP contribution in [0.4, 0.5) is 15.2 Å². The quantitative estimate of drug-likeness (QED) is 0.441. The van der Waals surface area contributed by atoms with Gasteiger partial charge in [-0.15, -0.1) is 11.3 Å². The van der Waals surface area contributed by atoms with Crippen LogP contribution in [0.5, 0.6) is 0 Å². The number of carbonyl (C=O) groups excluding carboxylic acids is 1. The summed E-state index contributed by atoms with van der Waals surface area (Å²) >= 11 is 1.25. The van der Waals surface area contributed by atoms with E-state index < -0.39 is 21.7 Å². The Morgan fingerprint density at radius 2 is 1.84 bits per heavy atom. The normalized spacial score (nSPS) is 11.3. The fourth-order valence-corrected chi connectivity index (χ4v) is 4.33. The predicted octanol–water partition coefficient (Wildman–Crippen LogP) is 4.07. The SMILES string of the molecule is Cc1c(C(=O)Nc2nc(-c3ccc(NS(C)(=O)=O)cc3)cs2)cnn1-c1ccccc1F. The Morgan fingerprint density at radius 1 is 1.12 bits per heavy atom. The lowest BCUT2D eigenvalue weighted by Gasteiger charge is -2.06. The number of hydrogen-bond acceptors (Lipinski definition) is 6. The molecule has 0 spiro atoms. The molecule has 0 aliphatic carbocycles. The van der Waals surface area contributed by atoms with Gasteiger partial charge < -0.3 is 0 Å². The smallest absolute Gasteiger partial charge is 0.260 e. The molecule has 0 fully saturated rings. The van der Waals surface area contributed by atoms with Gasteiger partial charge in [0.15, 0.2) is 5.13 Å². The number of sulfonamides is 1. The summed E-state index contributed by atoms with van der Waals surface area (Å²) in [4.78, 5) is 17.2. The molecule has 0 aliphatic heterocycles. The molecule has 2 aromatic carbocycles. The van der Waals surface area contributed by atoms with E-state index in [2.05, 4.69) is 20.1 Å². The standard InChI is InChI=1S/C21H18FN5O3S2/c1-13-16(11-23-27(13)19-6-4-3-5-17(19)22)20(28)25-21-24-18(12-31-21)14-7-9-15(10-8-14)26-32(2,29)30/h3-12,26H,1-2H3,(H,24,25,28). The summed E-state index contributed by atoms with van der Waals surface area (Å²) < 4.78 is 40.5. The molecule has 0 aliphatic rings. The zero-order valence-electron chi connectivity index (χ0n) is 17.0. The molecule has 1 amide bonds. The van der Waals surface area contributed by atoms with Gasteiger partial charge in [-0.25, -0.2) is 22.5 Å². The number of amides is 1. The fraction of sp³-hybridized carbons (Fsp3) is 0.0952. The van der Waals surface area contributed by atoms with Gasteiger partial charge in [0.25, 0.3) is 5.91 Å². The number of nitrogens with one attached hydrogen (secondary N) is 2. The number of thiazole rings is 1. The van der Waals surface area contributed by atoms with Crippen molar-refractivity contribution >= 4 is 38.1 Å².